The fourth-order valence-corrected chi connectivity index (χ4v) is 3.07. The second-order valence-electron chi connectivity index (χ2n) is 6.20. The summed E-state index contributed by atoms with van der Waals surface area (Å²) in [4.78, 5) is 24.6. The Labute approximate surface area is 152 Å². The number of carbonyl (C=O) groups excluding carboxylic acids is 2. The van der Waals surface area contributed by atoms with Gasteiger partial charge in [0.05, 0.1) is 14.2 Å². The summed E-state index contributed by atoms with van der Waals surface area (Å²) in [5, 5.41) is 0. The lowest BCUT2D eigenvalue weighted by Crippen LogP contribution is -2.41. The van der Waals surface area contributed by atoms with Crippen LogP contribution >= 0.6 is 0 Å². The highest BCUT2D eigenvalue weighted by molar-refractivity contribution is 5.99. The van der Waals surface area contributed by atoms with Crippen LogP contribution in [0.4, 0.5) is 0 Å². The second-order valence-corrected chi connectivity index (χ2v) is 6.20. The van der Waals surface area contributed by atoms with Crippen LogP contribution in [-0.2, 0) is 12.8 Å². The maximum Gasteiger partial charge on any atom is 0.269 e. The quantitative estimate of drug-likeness (QED) is 0.828. The molecule has 2 aromatic carbocycles. The number of benzene rings is 2. The highest BCUT2D eigenvalue weighted by Gasteiger charge is 2.14. The van der Waals surface area contributed by atoms with Gasteiger partial charge in [0.15, 0.2) is 0 Å². The van der Waals surface area contributed by atoms with Gasteiger partial charge in [0.2, 0.25) is 0 Å². The summed E-state index contributed by atoms with van der Waals surface area (Å²) >= 11 is 0. The van der Waals surface area contributed by atoms with E-state index in [9.17, 15) is 9.59 Å². The highest BCUT2D eigenvalue weighted by Crippen LogP contribution is 2.23. The number of methoxy groups -OCH3 is 2. The van der Waals surface area contributed by atoms with Crippen LogP contribution in [0.3, 0.4) is 0 Å². The zero-order chi connectivity index (χ0) is 18.5. The summed E-state index contributed by atoms with van der Waals surface area (Å²) in [6.07, 6.45) is 4.39. The first kappa shape index (κ1) is 17.8. The van der Waals surface area contributed by atoms with E-state index in [0.717, 1.165) is 19.3 Å². The maximum atomic E-state index is 12.3. The standard InChI is InChI=1S/C20H22N2O4/c1-25-17-10-16(11-18(12-17)26-2)20(24)22-21-19(23)15-8-7-13-5-3-4-6-14(13)9-15/h7-12H,3-6H2,1-2H3,(H,21,23)(H,22,24). The van der Waals surface area contributed by atoms with E-state index in [0.29, 0.717) is 22.6 Å². The molecule has 0 atom stereocenters. The Kier molecular flexibility index (Phi) is 5.41. The molecule has 1 aliphatic rings. The Hall–Kier alpha value is -3.02. The molecule has 2 N–H and O–H groups in total. The van der Waals surface area contributed by atoms with Crippen molar-refractivity contribution < 1.29 is 19.1 Å². The molecular weight excluding hydrogens is 332 g/mol. The average Bonchev–Trinajstić information content (AvgIpc) is 2.70. The Morgan fingerprint density at radius 3 is 1.96 bits per heavy atom. The Morgan fingerprint density at radius 2 is 1.35 bits per heavy atom. The smallest absolute Gasteiger partial charge is 0.269 e. The van der Waals surface area contributed by atoms with E-state index in [2.05, 4.69) is 10.9 Å². The zero-order valence-electron chi connectivity index (χ0n) is 14.9. The molecule has 2 aromatic rings. The van der Waals surface area contributed by atoms with Gasteiger partial charge in [0.25, 0.3) is 11.8 Å². The number of amides is 2. The van der Waals surface area contributed by atoms with Gasteiger partial charge in [-0.25, -0.2) is 0 Å². The van der Waals surface area contributed by atoms with Crippen molar-refractivity contribution in [1.29, 1.82) is 0 Å². The van der Waals surface area contributed by atoms with Gasteiger partial charge in [0, 0.05) is 17.2 Å². The first-order valence-electron chi connectivity index (χ1n) is 8.56. The van der Waals surface area contributed by atoms with Crippen molar-refractivity contribution in [3.63, 3.8) is 0 Å². The molecule has 26 heavy (non-hydrogen) atoms. The fraction of sp³-hybridized carbons (Fsp3) is 0.300. The summed E-state index contributed by atoms with van der Waals surface area (Å²) in [5.74, 6) is 0.195. The SMILES string of the molecule is COc1cc(OC)cc(C(=O)NNC(=O)c2ccc3c(c2)CCCC3)c1. The minimum atomic E-state index is -0.450. The minimum Gasteiger partial charge on any atom is -0.497 e. The van der Waals surface area contributed by atoms with E-state index >= 15 is 0 Å². The number of aryl methyl sites for hydroxylation is 2. The molecule has 0 spiro atoms. The van der Waals surface area contributed by atoms with Gasteiger partial charge in [-0.15, -0.1) is 0 Å². The molecule has 6 nitrogen and oxygen atoms in total. The number of hydrogen-bond donors (Lipinski definition) is 2. The summed E-state index contributed by atoms with van der Waals surface area (Å²) in [6.45, 7) is 0. The molecule has 0 fully saturated rings. The molecule has 0 unspecified atom stereocenters. The topological polar surface area (TPSA) is 76.7 Å². The molecule has 0 saturated carbocycles. The van der Waals surface area contributed by atoms with Crippen molar-refractivity contribution >= 4 is 11.8 Å². The van der Waals surface area contributed by atoms with Crippen molar-refractivity contribution in [3.05, 3.63) is 58.7 Å². The third-order valence-corrected chi connectivity index (χ3v) is 4.51. The van der Waals surface area contributed by atoms with Crippen molar-refractivity contribution in [2.45, 2.75) is 25.7 Å². The molecular formula is C20H22N2O4. The lowest BCUT2D eigenvalue weighted by atomic mass is 9.90. The van der Waals surface area contributed by atoms with Gasteiger partial charge in [-0.3, -0.25) is 20.4 Å². The van der Waals surface area contributed by atoms with Crippen LogP contribution in [0.2, 0.25) is 0 Å². The van der Waals surface area contributed by atoms with Crippen molar-refractivity contribution in [1.82, 2.24) is 10.9 Å². The van der Waals surface area contributed by atoms with E-state index < -0.39 is 5.91 Å². The third-order valence-electron chi connectivity index (χ3n) is 4.51. The van der Waals surface area contributed by atoms with E-state index in [1.165, 1.54) is 31.8 Å². The predicted octanol–water partition coefficient (Wildman–Crippen LogP) is 2.66. The van der Waals surface area contributed by atoms with Crippen LogP contribution in [0, 0.1) is 0 Å². The average molecular weight is 354 g/mol. The largest absolute Gasteiger partial charge is 0.497 e. The van der Waals surface area contributed by atoms with Gasteiger partial charge in [-0.1, -0.05) is 6.07 Å². The number of hydrogen-bond acceptors (Lipinski definition) is 4. The molecule has 0 heterocycles. The number of ether oxygens (including phenoxy) is 2. The van der Waals surface area contributed by atoms with E-state index in [1.54, 1.807) is 24.3 Å². The van der Waals surface area contributed by atoms with E-state index in [4.69, 9.17) is 9.47 Å². The number of fused-ring (bicyclic) bond motifs is 1. The molecule has 6 heteroatoms. The number of rotatable bonds is 4. The number of hydrazine groups is 1. The molecule has 3 rings (SSSR count). The van der Waals surface area contributed by atoms with Crippen LogP contribution < -0.4 is 20.3 Å². The van der Waals surface area contributed by atoms with Crippen molar-refractivity contribution in [2.24, 2.45) is 0 Å². The normalized spacial score (nSPS) is 12.7. The van der Waals surface area contributed by atoms with Crippen molar-refractivity contribution in [2.75, 3.05) is 14.2 Å². The number of carbonyl (C=O) groups is 2. The Morgan fingerprint density at radius 1 is 0.769 bits per heavy atom. The van der Waals surface area contributed by atoms with Gasteiger partial charge >= 0.3 is 0 Å². The molecule has 136 valence electrons. The maximum absolute atomic E-state index is 12.3. The van der Waals surface area contributed by atoms with E-state index in [-0.39, 0.29) is 5.91 Å². The van der Waals surface area contributed by atoms with Crippen LogP contribution in [0.1, 0.15) is 44.7 Å². The zero-order valence-corrected chi connectivity index (χ0v) is 14.9. The van der Waals surface area contributed by atoms with E-state index in [1.807, 2.05) is 12.1 Å². The molecule has 2 amide bonds. The van der Waals surface area contributed by atoms with Crippen LogP contribution in [0.25, 0.3) is 0 Å². The van der Waals surface area contributed by atoms with Gasteiger partial charge < -0.3 is 9.47 Å². The summed E-state index contributed by atoms with van der Waals surface area (Å²) in [7, 11) is 3.02. The molecule has 0 aliphatic heterocycles. The predicted molar refractivity (Wildman–Crippen MR) is 97.6 cm³/mol. The first-order chi connectivity index (χ1) is 12.6. The summed E-state index contributed by atoms with van der Waals surface area (Å²) < 4.78 is 10.3. The van der Waals surface area contributed by atoms with Crippen LogP contribution in [-0.4, -0.2) is 26.0 Å². The van der Waals surface area contributed by atoms with Crippen molar-refractivity contribution in [3.8, 4) is 11.5 Å². The van der Waals surface area contributed by atoms with Gasteiger partial charge in [-0.05, 0) is 61.1 Å². The summed E-state index contributed by atoms with van der Waals surface area (Å²) in [6, 6.07) is 10.5. The van der Waals surface area contributed by atoms with Gasteiger partial charge in [0.1, 0.15) is 11.5 Å². The highest BCUT2D eigenvalue weighted by atomic mass is 16.5. The summed E-state index contributed by atoms with van der Waals surface area (Å²) in [5.41, 5.74) is 8.27. The molecule has 0 radical (unpaired) electrons. The lowest BCUT2D eigenvalue weighted by molar-refractivity contribution is 0.0846. The number of nitrogens with one attached hydrogen (secondary N) is 2. The minimum absolute atomic E-state index is 0.326. The Bertz CT molecular complexity index is 810. The molecule has 0 bridgehead atoms. The molecule has 0 aromatic heterocycles. The monoisotopic (exact) mass is 354 g/mol. The third kappa shape index (κ3) is 3.96. The van der Waals surface area contributed by atoms with Crippen LogP contribution in [0.5, 0.6) is 11.5 Å². The first-order valence-corrected chi connectivity index (χ1v) is 8.56. The fourth-order valence-electron chi connectivity index (χ4n) is 3.07. The van der Waals surface area contributed by atoms with Crippen LogP contribution in [0.15, 0.2) is 36.4 Å². The lowest BCUT2D eigenvalue weighted by Gasteiger charge is -2.16. The van der Waals surface area contributed by atoms with Gasteiger partial charge in [-0.2, -0.15) is 0 Å². The molecule has 1 aliphatic carbocycles. The second kappa shape index (κ2) is 7.91. The molecule has 0 saturated heterocycles. The Balaban J connectivity index is 1.67.